The summed E-state index contributed by atoms with van der Waals surface area (Å²) in [5, 5.41) is 25.2. The minimum atomic E-state index is 0.919. The number of benzene rings is 16. The third-order valence-electron chi connectivity index (χ3n) is 17.0. The van der Waals surface area contributed by atoms with Crippen LogP contribution in [0.2, 0.25) is 0 Å². The van der Waals surface area contributed by atoms with E-state index < -0.39 is 0 Å². The van der Waals surface area contributed by atoms with E-state index in [1.165, 1.54) is 86.9 Å². The van der Waals surface area contributed by atoms with Crippen LogP contribution in [0.25, 0.3) is 153 Å². The fraction of sp³-hybridized carbons (Fsp3) is 0. The van der Waals surface area contributed by atoms with E-state index in [1.54, 1.807) is 0 Å². The maximum atomic E-state index is 6.59. The molecule has 0 aromatic heterocycles. The molecular formula is C80H50N. The van der Waals surface area contributed by atoms with Crippen molar-refractivity contribution in [1.82, 2.24) is 5.32 Å². The number of rotatable bonds is 8. The zero-order valence-corrected chi connectivity index (χ0v) is 44.3. The van der Waals surface area contributed by atoms with Crippen LogP contribution in [0, 0.1) is 0 Å². The zero-order chi connectivity index (χ0) is 53.4. The first-order valence-corrected chi connectivity index (χ1v) is 28.0. The predicted octanol–water partition coefficient (Wildman–Crippen LogP) is 22.5. The molecule has 1 heteroatoms. The van der Waals surface area contributed by atoms with E-state index in [0.29, 0.717) is 0 Å². The van der Waals surface area contributed by atoms with Crippen LogP contribution in [-0.2, 0) is 0 Å². The van der Waals surface area contributed by atoms with Crippen molar-refractivity contribution in [2.24, 2.45) is 0 Å². The van der Waals surface area contributed by atoms with Gasteiger partial charge in [0, 0.05) is 33.0 Å². The first-order chi connectivity index (χ1) is 40.2. The van der Waals surface area contributed by atoms with Crippen LogP contribution < -0.4 is 5.32 Å². The van der Waals surface area contributed by atoms with Gasteiger partial charge in [-0.3, -0.25) is 0 Å². The van der Waals surface area contributed by atoms with Gasteiger partial charge in [0.05, 0.1) is 11.4 Å². The zero-order valence-electron chi connectivity index (χ0n) is 44.3. The second kappa shape index (κ2) is 19.1. The van der Waals surface area contributed by atoms with Gasteiger partial charge in [-0.05, 0) is 120 Å². The molecule has 0 heterocycles. The van der Waals surface area contributed by atoms with Crippen molar-refractivity contribution in [3.63, 3.8) is 0 Å². The molecule has 0 bridgehead atoms. The van der Waals surface area contributed by atoms with Gasteiger partial charge in [-0.1, -0.05) is 303 Å². The Hall–Kier alpha value is -10.6. The van der Waals surface area contributed by atoms with Crippen LogP contribution in [0.15, 0.2) is 303 Å². The van der Waals surface area contributed by atoms with E-state index in [-0.39, 0.29) is 0 Å². The molecule has 0 unspecified atom stereocenters. The summed E-state index contributed by atoms with van der Waals surface area (Å²) in [6, 6.07) is 112. The minimum absolute atomic E-state index is 0.919. The maximum absolute atomic E-state index is 6.59. The summed E-state index contributed by atoms with van der Waals surface area (Å²) in [7, 11) is 0. The molecule has 0 aliphatic carbocycles. The lowest BCUT2D eigenvalue weighted by atomic mass is 9.78. The molecule has 1 nitrogen and oxygen atoms in total. The van der Waals surface area contributed by atoms with Crippen molar-refractivity contribution in [3.8, 4) is 66.8 Å². The summed E-state index contributed by atoms with van der Waals surface area (Å²) in [6.45, 7) is 0. The highest BCUT2D eigenvalue weighted by Gasteiger charge is 2.31. The lowest BCUT2D eigenvalue weighted by Crippen LogP contribution is -2.04. The topological polar surface area (TPSA) is 14.1 Å². The summed E-state index contributed by atoms with van der Waals surface area (Å²) < 4.78 is 0. The molecule has 0 aliphatic heterocycles. The van der Waals surface area contributed by atoms with Crippen LogP contribution >= 0.6 is 0 Å². The van der Waals surface area contributed by atoms with Crippen LogP contribution in [-0.4, -0.2) is 0 Å². The standard InChI is InChI=1S/C80H50N/c1-7-35-57-51(23-1)29-17-45-63(57)73-69-41-13-15-43-71(69)79(77(67-49-21-33-55-27-5-11-39-61(55)67)75(73)65-47-19-31-53-25-3-9-37-59(53)65)81-80-72-44-16-14-42-70(72)74(64-46-18-30-52-24-2-8-36-58(52)64)76(66-48-20-32-54-26-4-10-38-60(54)66)78(80)68-50-22-34-56-28-6-12-40-62(56)68/h1-50H. The summed E-state index contributed by atoms with van der Waals surface area (Å²) >= 11 is 0. The summed E-state index contributed by atoms with van der Waals surface area (Å²) in [6.07, 6.45) is 0. The second-order valence-corrected chi connectivity index (χ2v) is 21.3. The Balaban J connectivity index is 1.15. The first kappa shape index (κ1) is 46.5. The smallest absolute Gasteiger partial charge is 0.0801 e. The van der Waals surface area contributed by atoms with Gasteiger partial charge in [0.2, 0.25) is 0 Å². The van der Waals surface area contributed by atoms with Gasteiger partial charge < -0.3 is 0 Å². The van der Waals surface area contributed by atoms with E-state index >= 15 is 0 Å². The van der Waals surface area contributed by atoms with Gasteiger partial charge in [-0.2, -0.15) is 0 Å². The van der Waals surface area contributed by atoms with E-state index in [2.05, 4.69) is 303 Å². The third kappa shape index (κ3) is 7.47. The molecule has 1 radical (unpaired) electrons. The maximum Gasteiger partial charge on any atom is 0.0801 e. The molecule has 375 valence electrons. The number of fused-ring (bicyclic) bond motifs is 8. The molecule has 0 saturated carbocycles. The Bertz CT molecular complexity index is 4860. The molecular weight excluding hydrogens is 975 g/mol. The largest absolute Gasteiger partial charge is 0.246 e. The van der Waals surface area contributed by atoms with Crippen molar-refractivity contribution in [2.45, 2.75) is 0 Å². The first-order valence-electron chi connectivity index (χ1n) is 28.0. The van der Waals surface area contributed by atoms with Crippen molar-refractivity contribution < 1.29 is 0 Å². The lowest BCUT2D eigenvalue weighted by Gasteiger charge is -2.28. The molecule has 0 aliphatic rings. The minimum Gasteiger partial charge on any atom is -0.246 e. The molecule has 16 aromatic rings. The Morgan fingerprint density at radius 1 is 0.136 bits per heavy atom. The van der Waals surface area contributed by atoms with Gasteiger partial charge in [0.25, 0.3) is 0 Å². The van der Waals surface area contributed by atoms with Gasteiger partial charge in [-0.15, -0.1) is 0 Å². The number of hydrogen-bond donors (Lipinski definition) is 0. The number of nitrogens with zero attached hydrogens (tertiary/aromatic N) is 1. The molecule has 81 heavy (non-hydrogen) atoms. The molecule has 0 atom stereocenters. The van der Waals surface area contributed by atoms with E-state index in [9.17, 15) is 0 Å². The molecule has 0 N–H and O–H groups in total. The van der Waals surface area contributed by atoms with E-state index in [4.69, 9.17) is 5.32 Å². The van der Waals surface area contributed by atoms with Gasteiger partial charge >= 0.3 is 0 Å². The van der Waals surface area contributed by atoms with E-state index in [1.807, 2.05) is 0 Å². The highest BCUT2D eigenvalue weighted by molar-refractivity contribution is 6.27. The lowest BCUT2D eigenvalue weighted by molar-refractivity contribution is 1.22. The Labute approximate surface area is 470 Å². The van der Waals surface area contributed by atoms with Crippen LogP contribution in [0.5, 0.6) is 0 Å². The average molecular weight is 1030 g/mol. The predicted molar refractivity (Wildman–Crippen MR) is 347 cm³/mol. The van der Waals surface area contributed by atoms with Crippen LogP contribution in [0.1, 0.15) is 0 Å². The van der Waals surface area contributed by atoms with Crippen molar-refractivity contribution in [1.29, 1.82) is 0 Å². The van der Waals surface area contributed by atoms with Crippen molar-refractivity contribution in [2.75, 3.05) is 0 Å². The molecule has 0 amide bonds. The van der Waals surface area contributed by atoms with Gasteiger partial charge in [0.1, 0.15) is 0 Å². The highest BCUT2D eigenvalue weighted by atomic mass is 14.9. The van der Waals surface area contributed by atoms with Crippen molar-refractivity contribution >= 4 is 97.6 Å². The molecule has 0 spiro atoms. The summed E-state index contributed by atoms with van der Waals surface area (Å²) in [4.78, 5) is 0. The molecule has 0 saturated heterocycles. The molecule has 16 aromatic carbocycles. The van der Waals surface area contributed by atoms with Crippen molar-refractivity contribution in [3.05, 3.63) is 303 Å². The normalized spacial score (nSPS) is 11.7. The number of hydrogen-bond acceptors (Lipinski definition) is 0. The fourth-order valence-electron chi connectivity index (χ4n) is 13.5. The third-order valence-corrected chi connectivity index (χ3v) is 17.0. The van der Waals surface area contributed by atoms with Gasteiger partial charge in [-0.25, -0.2) is 5.32 Å². The SMILES string of the molecule is c1ccc2c(-c3c(-c4cccc5ccccc45)c(-c4cccc5ccccc45)c4ccccc4c3[N]c3c(-c4cccc5ccccc45)c(-c4cccc5ccccc45)c(-c4cccc5ccccc45)c4ccccc34)cccc2c1. The highest BCUT2D eigenvalue weighted by Crippen LogP contribution is 2.58. The Morgan fingerprint density at radius 2 is 0.321 bits per heavy atom. The quantitative estimate of drug-likeness (QED) is 0.144. The molecule has 0 fully saturated rings. The fourth-order valence-corrected chi connectivity index (χ4v) is 13.5. The monoisotopic (exact) mass is 1020 g/mol. The average Bonchev–Trinajstić information content (AvgIpc) is 3.71. The summed E-state index contributed by atoms with van der Waals surface area (Å²) in [5.41, 5.74) is 15.6. The van der Waals surface area contributed by atoms with Crippen LogP contribution in [0.3, 0.4) is 0 Å². The second-order valence-electron chi connectivity index (χ2n) is 21.3. The Morgan fingerprint density at radius 3 is 0.580 bits per heavy atom. The van der Waals surface area contributed by atoms with Gasteiger partial charge in [0.15, 0.2) is 0 Å². The molecule has 16 rings (SSSR count). The Kier molecular flexibility index (Phi) is 11.0. The summed E-state index contributed by atoms with van der Waals surface area (Å²) in [5.74, 6) is 0. The van der Waals surface area contributed by atoms with Crippen LogP contribution in [0.4, 0.5) is 11.4 Å². The van der Waals surface area contributed by atoms with E-state index in [0.717, 1.165) is 77.4 Å².